The smallest absolute Gasteiger partial charge is 0.153 e. The molecule has 20 heavy (non-hydrogen) atoms. The second-order valence-electron chi connectivity index (χ2n) is 4.11. The number of aromatic nitrogens is 2. The maximum absolute atomic E-state index is 11.2. The fourth-order valence-corrected chi connectivity index (χ4v) is 3.14. The van der Waals surface area contributed by atoms with E-state index in [1.807, 2.05) is 35.7 Å². The summed E-state index contributed by atoms with van der Waals surface area (Å²) in [6, 6.07) is 9.53. The number of hydrogen-bond acceptors (Lipinski definition) is 3. The van der Waals surface area contributed by atoms with Gasteiger partial charge < -0.3 is 0 Å². The molecule has 0 spiro atoms. The van der Waals surface area contributed by atoms with Crippen LogP contribution in [0.15, 0.2) is 46.4 Å². The Morgan fingerprint density at radius 3 is 2.85 bits per heavy atom. The maximum Gasteiger partial charge on any atom is 0.153 e. The molecular formula is C14H8BrClN2OS. The molecule has 0 bridgehead atoms. The molecule has 3 nitrogen and oxygen atoms in total. The van der Waals surface area contributed by atoms with Crippen LogP contribution >= 0.6 is 38.9 Å². The zero-order valence-electron chi connectivity index (χ0n) is 10.1. The second-order valence-corrected chi connectivity index (χ2v) is 6.57. The Kier molecular flexibility index (Phi) is 3.74. The zero-order chi connectivity index (χ0) is 14.1. The fraction of sp³-hybridized carbons (Fsp3) is 0. The van der Waals surface area contributed by atoms with Crippen LogP contribution in [-0.4, -0.2) is 16.1 Å². The normalized spacial score (nSPS) is 10.7. The van der Waals surface area contributed by atoms with Crippen molar-refractivity contribution >= 4 is 45.2 Å². The molecule has 0 aliphatic carbocycles. The summed E-state index contributed by atoms with van der Waals surface area (Å²) in [5.41, 5.74) is 2.92. The van der Waals surface area contributed by atoms with Crippen LogP contribution in [0.2, 0.25) is 4.34 Å². The zero-order valence-corrected chi connectivity index (χ0v) is 13.2. The van der Waals surface area contributed by atoms with E-state index < -0.39 is 0 Å². The number of benzene rings is 1. The molecule has 0 unspecified atom stereocenters. The minimum Gasteiger partial charge on any atom is -0.298 e. The van der Waals surface area contributed by atoms with Crippen molar-refractivity contribution in [3.63, 3.8) is 0 Å². The van der Waals surface area contributed by atoms with Gasteiger partial charge in [0.1, 0.15) is 5.69 Å². The minimum atomic E-state index is 0.541. The molecule has 0 atom stereocenters. The van der Waals surface area contributed by atoms with Gasteiger partial charge in [-0.2, -0.15) is 5.10 Å². The van der Waals surface area contributed by atoms with Crippen molar-refractivity contribution in [1.82, 2.24) is 9.78 Å². The summed E-state index contributed by atoms with van der Waals surface area (Å²) in [7, 11) is 0. The molecule has 100 valence electrons. The van der Waals surface area contributed by atoms with E-state index in [1.54, 1.807) is 10.9 Å². The third kappa shape index (κ3) is 2.57. The number of carbonyl (C=O) groups excluding carboxylic acids is 1. The number of thiophene rings is 1. The predicted molar refractivity (Wildman–Crippen MR) is 85.0 cm³/mol. The van der Waals surface area contributed by atoms with Crippen LogP contribution in [0, 0.1) is 0 Å². The topological polar surface area (TPSA) is 34.9 Å². The number of halogens is 2. The molecule has 0 aliphatic heterocycles. The Morgan fingerprint density at radius 1 is 1.35 bits per heavy atom. The quantitative estimate of drug-likeness (QED) is 0.622. The molecule has 0 aliphatic rings. The summed E-state index contributed by atoms with van der Waals surface area (Å²) >= 11 is 10.8. The lowest BCUT2D eigenvalue weighted by Crippen LogP contribution is -1.94. The second kappa shape index (κ2) is 5.52. The molecule has 0 fully saturated rings. The minimum absolute atomic E-state index is 0.541. The highest BCUT2D eigenvalue weighted by molar-refractivity contribution is 9.10. The van der Waals surface area contributed by atoms with Gasteiger partial charge in [0.2, 0.25) is 0 Å². The molecule has 6 heteroatoms. The van der Waals surface area contributed by atoms with Crippen molar-refractivity contribution in [3.05, 3.63) is 56.3 Å². The Hall–Kier alpha value is -1.43. The first kappa shape index (κ1) is 13.5. The predicted octanol–water partition coefficient (Wildman–Crippen LogP) is 4.83. The van der Waals surface area contributed by atoms with Crippen molar-refractivity contribution in [3.8, 4) is 16.9 Å². The van der Waals surface area contributed by atoms with E-state index in [9.17, 15) is 4.79 Å². The fourth-order valence-electron chi connectivity index (χ4n) is 1.88. The molecule has 2 heterocycles. The van der Waals surface area contributed by atoms with E-state index in [0.29, 0.717) is 15.6 Å². The SMILES string of the molecule is O=Cc1cn(-c2cccc(Br)c2)nc1-c1csc(Cl)c1. The standard InChI is InChI=1S/C14H8BrClN2OS/c15-11-2-1-3-12(5-11)18-6-10(7-19)14(17-18)9-4-13(16)20-8-9/h1-8H. The van der Waals surface area contributed by atoms with Gasteiger partial charge >= 0.3 is 0 Å². The van der Waals surface area contributed by atoms with Gasteiger partial charge in [-0.1, -0.05) is 33.6 Å². The van der Waals surface area contributed by atoms with Crippen LogP contribution < -0.4 is 0 Å². The first-order valence-corrected chi connectivity index (χ1v) is 7.77. The molecule has 0 radical (unpaired) electrons. The number of hydrogen-bond donors (Lipinski definition) is 0. The molecule has 3 aromatic rings. The van der Waals surface area contributed by atoms with E-state index in [0.717, 1.165) is 22.0 Å². The maximum atomic E-state index is 11.2. The Labute approximate surface area is 132 Å². The third-order valence-electron chi connectivity index (χ3n) is 2.78. The number of rotatable bonds is 3. The van der Waals surface area contributed by atoms with Gasteiger partial charge in [0.25, 0.3) is 0 Å². The summed E-state index contributed by atoms with van der Waals surface area (Å²) < 4.78 is 3.32. The summed E-state index contributed by atoms with van der Waals surface area (Å²) in [6.45, 7) is 0. The first-order valence-electron chi connectivity index (χ1n) is 5.72. The highest BCUT2D eigenvalue weighted by atomic mass is 79.9. The van der Waals surface area contributed by atoms with E-state index in [4.69, 9.17) is 11.6 Å². The monoisotopic (exact) mass is 366 g/mol. The van der Waals surface area contributed by atoms with Gasteiger partial charge in [0.15, 0.2) is 6.29 Å². The van der Waals surface area contributed by atoms with Gasteiger partial charge in [-0.25, -0.2) is 4.68 Å². The summed E-state index contributed by atoms with van der Waals surface area (Å²) in [5, 5.41) is 6.38. The van der Waals surface area contributed by atoms with E-state index in [1.165, 1.54) is 11.3 Å². The average molecular weight is 368 g/mol. The van der Waals surface area contributed by atoms with Gasteiger partial charge in [0.05, 0.1) is 15.6 Å². The van der Waals surface area contributed by atoms with Crippen molar-refractivity contribution in [2.45, 2.75) is 0 Å². The number of aldehydes is 1. The van der Waals surface area contributed by atoms with E-state index in [2.05, 4.69) is 21.0 Å². The van der Waals surface area contributed by atoms with Crippen LogP contribution in [0.4, 0.5) is 0 Å². The molecular weight excluding hydrogens is 360 g/mol. The van der Waals surface area contributed by atoms with E-state index >= 15 is 0 Å². The van der Waals surface area contributed by atoms with Gasteiger partial charge in [-0.05, 0) is 24.3 Å². The van der Waals surface area contributed by atoms with Crippen molar-refractivity contribution < 1.29 is 4.79 Å². The highest BCUT2D eigenvalue weighted by Crippen LogP contribution is 2.30. The molecule has 3 rings (SSSR count). The van der Waals surface area contributed by atoms with Crippen LogP contribution in [0.3, 0.4) is 0 Å². The van der Waals surface area contributed by atoms with Crippen molar-refractivity contribution in [2.75, 3.05) is 0 Å². The molecule has 0 saturated carbocycles. The van der Waals surface area contributed by atoms with Crippen LogP contribution in [0.25, 0.3) is 16.9 Å². The summed E-state index contributed by atoms with van der Waals surface area (Å²) in [5.74, 6) is 0. The van der Waals surface area contributed by atoms with Gasteiger partial charge in [-0.15, -0.1) is 11.3 Å². The Bertz CT molecular complexity index is 781. The summed E-state index contributed by atoms with van der Waals surface area (Å²) in [4.78, 5) is 11.2. The largest absolute Gasteiger partial charge is 0.298 e. The van der Waals surface area contributed by atoms with Crippen LogP contribution in [-0.2, 0) is 0 Å². The highest BCUT2D eigenvalue weighted by Gasteiger charge is 2.13. The van der Waals surface area contributed by atoms with Gasteiger partial charge in [0, 0.05) is 21.6 Å². The lowest BCUT2D eigenvalue weighted by molar-refractivity contribution is 0.112. The molecule has 0 saturated heterocycles. The number of carbonyl (C=O) groups is 1. The summed E-state index contributed by atoms with van der Waals surface area (Å²) in [6.07, 6.45) is 2.53. The van der Waals surface area contributed by atoms with Crippen LogP contribution in [0.5, 0.6) is 0 Å². The Morgan fingerprint density at radius 2 is 2.20 bits per heavy atom. The molecule has 0 N–H and O–H groups in total. The lowest BCUT2D eigenvalue weighted by Gasteiger charge is -2.01. The molecule has 1 aromatic carbocycles. The van der Waals surface area contributed by atoms with Crippen LogP contribution in [0.1, 0.15) is 10.4 Å². The number of nitrogens with zero attached hydrogens (tertiary/aromatic N) is 2. The van der Waals surface area contributed by atoms with Gasteiger partial charge in [-0.3, -0.25) is 4.79 Å². The Balaban J connectivity index is 2.11. The lowest BCUT2D eigenvalue weighted by atomic mass is 10.2. The molecule has 2 aromatic heterocycles. The molecule has 0 amide bonds. The van der Waals surface area contributed by atoms with Crippen molar-refractivity contribution in [1.29, 1.82) is 0 Å². The van der Waals surface area contributed by atoms with E-state index in [-0.39, 0.29) is 0 Å². The third-order valence-corrected chi connectivity index (χ3v) is 4.37. The van der Waals surface area contributed by atoms with Crippen molar-refractivity contribution in [2.24, 2.45) is 0 Å². The first-order chi connectivity index (χ1) is 9.67. The average Bonchev–Trinajstić information content (AvgIpc) is 3.04.